The van der Waals surface area contributed by atoms with Crippen LogP contribution in [0.15, 0.2) is 52.3 Å². The Bertz CT molecular complexity index is 1130. The van der Waals surface area contributed by atoms with Crippen molar-refractivity contribution in [2.75, 3.05) is 41.9 Å². The van der Waals surface area contributed by atoms with Crippen LogP contribution in [0.2, 0.25) is 0 Å². The molecule has 0 atom stereocenters. The predicted molar refractivity (Wildman–Crippen MR) is 114 cm³/mol. The number of aromatic amines is 1. The molecule has 10 heteroatoms. The van der Waals surface area contributed by atoms with Gasteiger partial charge in [-0.3, -0.25) is 5.32 Å². The lowest BCUT2D eigenvalue weighted by Crippen LogP contribution is -2.40. The number of ether oxygens (including phenoxy) is 1. The second-order valence-electron chi connectivity index (χ2n) is 6.62. The summed E-state index contributed by atoms with van der Waals surface area (Å²) in [5, 5.41) is 2.52. The number of anilines is 2. The van der Waals surface area contributed by atoms with Crippen molar-refractivity contribution in [1.29, 1.82) is 0 Å². The molecule has 1 aliphatic rings. The Morgan fingerprint density at radius 2 is 1.83 bits per heavy atom. The fourth-order valence-electron chi connectivity index (χ4n) is 3.09. The maximum atomic E-state index is 11.6. The molecule has 2 aromatic carbocycles. The lowest BCUT2D eigenvalue weighted by atomic mass is 10.3. The lowest BCUT2D eigenvalue weighted by molar-refractivity contribution is 0.186. The quantitative estimate of drug-likeness (QED) is 0.653. The average molecular weight is 433 g/mol. The van der Waals surface area contributed by atoms with E-state index in [0.717, 1.165) is 26.5 Å². The van der Waals surface area contributed by atoms with Crippen molar-refractivity contribution in [2.45, 2.75) is 9.79 Å². The summed E-state index contributed by atoms with van der Waals surface area (Å²) in [7, 11) is -1.58. The maximum absolute atomic E-state index is 11.6. The molecule has 4 rings (SSSR count). The van der Waals surface area contributed by atoms with Crippen LogP contribution in [0, 0.1) is 0 Å². The van der Waals surface area contributed by atoms with Crippen LogP contribution in [0.1, 0.15) is 0 Å². The van der Waals surface area contributed by atoms with Gasteiger partial charge in [0.2, 0.25) is 5.95 Å². The minimum Gasteiger partial charge on any atom is -0.453 e. The molecule has 1 saturated heterocycles. The summed E-state index contributed by atoms with van der Waals surface area (Å²) in [6, 6.07) is 13.9. The maximum Gasteiger partial charge on any atom is 0.413 e. The van der Waals surface area contributed by atoms with Gasteiger partial charge < -0.3 is 14.6 Å². The number of hydrogen-bond donors (Lipinski definition) is 2. The van der Waals surface area contributed by atoms with E-state index < -0.39 is 15.9 Å². The van der Waals surface area contributed by atoms with Gasteiger partial charge in [0.05, 0.1) is 29.6 Å². The van der Waals surface area contributed by atoms with Gasteiger partial charge in [0.1, 0.15) is 0 Å². The van der Waals surface area contributed by atoms with Crippen molar-refractivity contribution >= 4 is 50.4 Å². The van der Waals surface area contributed by atoms with Gasteiger partial charge in [-0.05, 0) is 42.5 Å². The third-order valence-corrected chi connectivity index (χ3v) is 7.25. The second kappa shape index (κ2) is 7.96. The fraction of sp³-hybridized carbons (Fsp3) is 0.263. The van der Waals surface area contributed by atoms with Gasteiger partial charge in [0.15, 0.2) is 9.84 Å². The van der Waals surface area contributed by atoms with E-state index in [1.807, 2.05) is 42.5 Å². The van der Waals surface area contributed by atoms with E-state index in [1.54, 1.807) is 11.8 Å². The minimum atomic E-state index is -2.88. The highest BCUT2D eigenvalue weighted by Gasteiger charge is 2.21. The molecule has 0 aliphatic carbocycles. The van der Waals surface area contributed by atoms with Crippen molar-refractivity contribution in [3.63, 3.8) is 0 Å². The van der Waals surface area contributed by atoms with Crippen molar-refractivity contribution in [2.24, 2.45) is 0 Å². The Balaban J connectivity index is 1.44. The second-order valence-corrected chi connectivity index (χ2v) is 10.1. The summed E-state index contributed by atoms with van der Waals surface area (Å²) in [6.07, 6.45) is -0.579. The molecule has 152 valence electrons. The molecule has 2 heterocycles. The van der Waals surface area contributed by atoms with Crippen molar-refractivity contribution in [3.8, 4) is 0 Å². The predicted octanol–water partition coefficient (Wildman–Crippen LogP) is 3.13. The van der Waals surface area contributed by atoms with Gasteiger partial charge in [0, 0.05) is 28.6 Å². The third kappa shape index (κ3) is 4.65. The normalized spacial score (nSPS) is 16.0. The Kier molecular flexibility index (Phi) is 5.37. The van der Waals surface area contributed by atoms with Gasteiger partial charge in [-0.2, -0.15) is 0 Å². The van der Waals surface area contributed by atoms with Crippen molar-refractivity contribution in [1.82, 2.24) is 9.97 Å². The first kappa shape index (κ1) is 19.6. The Morgan fingerprint density at radius 3 is 2.52 bits per heavy atom. The molecule has 29 heavy (non-hydrogen) atoms. The number of aromatic nitrogens is 2. The van der Waals surface area contributed by atoms with Crippen LogP contribution < -0.4 is 10.2 Å². The Hall–Kier alpha value is -2.72. The van der Waals surface area contributed by atoms with E-state index in [1.165, 1.54) is 7.11 Å². The van der Waals surface area contributed by atoms with Crippen LogP contribution in [0.25, 0.3) is 11.0 Å². The van der Waals surface area contributed by atoms with Crippen LogP contribution >= 0.6 is 11.8 Å². The number of sulfone groups is 1. The molecule has 1 amide bonds. The van der Waals surface area contributed by atoms with Gasteiger partial charge >= 0.3 is 6.09 Å². The van der Waals surface area contributed by atoms with Crippen molar-refractivity contribution < 1.29 is 17.9 Å². The summed E-state index contributed by atoms with van der Waals surface area (Å²) in [5.41, 5.74) is 2.59. The summed E-state index contributed by atoms with van der Waals surface area (Å²) in [4.78, 5) is 22.9. The van der Waals surface area contributed by atoms with Crippen LogP contribution in [0.4, 0.5) is 16.4 Å². The smallest absolute Gasteiger partial charge is 0.413 e. The highest BCUT2D eigenvalue weighted by Crippen LogP contribution is 2.31. The van der Waals surface area contributed by atoms with Gasteiger partial charge in [-0.15, -0.1) is 0 Å². The molecule has 3 aromatic rings. The number of fused-ring (bicyclic) bond motifs is 1. The molecule has 2 N–H and O–H groups in total. The highest BCUT2D eigenvalue weighted by atomic mass is 32.2. The number of imidazole rings is 1. The van der Waals surface area contributed by atoms with E-state index in [2.05, 4.69) is 24.9 Å². The number of nitrogens with one attached hydrogen (secondary N) is 2. The molecular weight excluding hydrogens is 412 g/mol. The summed E-state index contributed by atoms with van der Waals surface area (Å²) < 4.78 is 27.7. The zero-order valence-electron chi connectivity index (χ0n) is 15.7. The number of nitrogens with zero attached hydrogens (tertiary/aromatic N) is 2. The number of hydrogen-bond acceptors (Lipinski definition) is 7. The fourth-order valence-corrected chi connectivity index (χ4v) is 5.15. The summed E-state index contributed by atoms with van der Waals surface area (Å²) in [6.45, 7) is 1.07. The minimum absolute atomic E-state index is 0.209. The van der Waals surface area contributed by atoms with E-state index in [9.17, 15) is 13.2 Å². The number of amides is 1. The van der Waals surface area contributed by atoms with Crippen LogP contribution in [0.5, 0.6) is 0 Å². The zero-order chi connectivity index (χ0) is 20.4. The SMILES string of the molecule is COC(=O)Nc1nc2ccc(Sc3ccc(N4CCS(=O)(=O)CC4)cc3)cc2[nH]1. The number of H-pyrrole nitrogens is 1. The molecule has 1 aromatic heterocycles. The van der Waals surface area contributed by atoms with E-state index in [4.69, 9.17) is 0 Å². The number of rotatable bonds is 4. The number of methoxy groups -OCH3 is 1. The van der Waals surface area contributed by atoms with Crippen LogP contribution in [0.3, 0.4) is 0 Å². The molecule has 0 unspecified atom stereocenters. The summed E-state index contributed by atoms with van der Waals surface area (Å²) >= 11 is 1.61. The number of benzene rings is 2. The monoisotopic (exact) mass is 432 g/mol. The molecule has 1 aliphatic heterocycles. The van der Waals surface area contributed by atoms with Crippen LogP contribution in [-0.4, -0.2) is 56.2 Å². The molecule has 1 fully saturated rings. The first-order chi connectivity index (χ1) is 13.9. The molecule has 0 radical (unpaired) electrons. The Labute approximate surface area is 172 Å². The van der Waals surface area contributed by atoms with Gasteiger partial charge in [-0.25, -0.2) is 18.2 Å². The van der Waals surface area contributed by atoms with E-state index in [0.29, 0.717) is 19.0 Å². The van der Waals surface area contributed by atoms with Crippen molar-refractivity contribution in [3.05, 3.63) is 42.5 Å². The van der Waals surface area contributed by atoms with Gasteiger partial charge in [-0.1, -0.05) is 11.8 Å². The Morgan fingerprint density at radius 1 is 1.14 bits per heavy atom. The standard InChI is InChI=1S/C19H20N4O4S2/c1-27-19(24)22-18-20-16-7-6-15(12-17(16)21-18)28-14-4-2-13(3-5-14)23-8-10-29(25,26)11-9-23/h2-7,12H,8-11H2,1H3,(H2,20,21,22,24). The van der Waals surface area contributed by atoms with E-state index >= 15 is 0 Å². The van der Waals surface area contributed by atoms with Crippen LogP contribution in [-0.2, 0) is 14.6 Å². The number of carbonyl (C=O) groups is 1. The van der Waals surface area contributed by atoms with Gasteiger partial charge in [0.25, 0.3) is 0 Å². The molecular formula is C19H20N4O4S2. The largest absolute Gasteiger partial charge is 0.453 e. The summed E-state index contributed by atoms with van der Waals surface area (Å²) in [5.74, 6) is 0.753. The average Bonchev–Trinajstić information content (AvgIpc) is 3.10. The first-order valence-corrected chi connectivity index (χ1v) is 11.6. The highest BCUT2D eigenvalue weighted by molar-refractivity contribution is 7.99. The first-order valence-electron chi connectivity index (χ1n) is 9.00. The molecule has 0 saturated carbocycles. The zero-order valence-corrected chi connectivity index (χ0v) is 17.3. The topological polar surface area (TPSA) is 104 Å². The molecule has 0 bridgehead atoms. The van der Waals surface area contributed by atoms with E-state index in [-0.39, 0.29) is 11.5 Å². The molecule has 8 nitrogen and oxygen atoms in total. The lowest BCUT2D eigenvalue weighted by Gasteiger charge is -2.28. The third-order valence-electron chi connectivity index (χ3n) is 4.64. The molecule has 0 spiro atoms. The number of carbonyl (C=O) groups excluding carboxylic acids is 1.